The van der Waals surface area contributed by atoms with Gasteiger partial charge in [-0.1, -0.05) is 12.1 Å². The van der Waals surface area contributed by atoms with E-state index in [1.54, 1.807) is 24.4 Å². The van der Waals surface area contributed by atoms with E-state index in [4.69, 9.17) is 10.5 Å². The maximum absolute atomic E-state index is 12.3. The number of halogens is 1. The summed E-state index contributed by atoms with van der Waals surface area (Å²) in [6.45, 7) is 1.08. The maximum Gasteiger partial charge on any atom is 0.273 e. The van der Waals surface area contributed by atoms with Crippen molar-refractivity contribution < 1.29 is 9.53 Å². The zero-order chi connectivity index (χ0) is 15.2. The Balaban J connectivity index is 0.00000242. The van der Waals surface area contributed by atoms with Gasteiger partial charge in [0.2, 0.25) is 0 Å². The van der Waals surface area contributed by atoms with E-state index in [1.165, 1.54) is 11.3 Å². The molecule has 0 bridgehead atoms. The first-order chi connectivity index (χ1) is 10.1. The number of methoxy groups -OCH3 is 1. The molecule has 2 rings (SSSR count). The van der Waals surface area contributed by atoms with E-state index in [-0.39, 0.29) is 18.3 Å². The van der Waals surface area contributed by atoms with Crippen LogP contribution in [0, 0.1) is 0 Å². The maximum atomic E-state index is 12.3. The summed E-state index contributed by atoms with van der Waals surface area (Å²) in [5.41, 5.74) is 7.02. The topological polar surface area (TPSA) is 68.5 Å². The van der Waals surface area contributed by atoms with E-state index in [0.717, 1.165) is 16.3 Å². The van der Waals surface area contributed by atoms with E-state index in [0.29, 0.717) is 25.2 Å². The zero-order valence-corrected chi connectivity index (χ0v) is 14.2. The first-order valence-electron chi connectivity index (χ1n) is 6.67. The number of nitrogens with two attached hydrogens (primary N) is 1. The Kier molecular flexibility index (Phi) is 7.31. The van der Waals surface area contributed by atoms with Crippen LogP contribution in [-0.2, 0) is 13.0 Å². The van der Waals surface area contributed by atoms with Crippen molar-refractivity contribution in [2.45, 2.75) is 13.0 Å². The zero-order valence-electron chi connectivity index (χ0n) is 12.6. The van der Waals surface area contributed by atoms with Crippen molar-refractivity contribution in [2.24, 2.45) is 5.73 Å². The molecule has 0 fully saturated rings. The third-order valence-electron chi connectivity index (χ3n) is 3.05. The molecule has 0 aliphatic heterocycles. The van der Waals surface area contributed by atoms with Crippen LogP contribution in [0.5, 0.6) is 5.75 Å². The molecule has 7 heteroatoms. The van der Waals surface area contributed by atoms with Crippen LogP contribution in [-0.4, -0.2) is 36.5 Å². The van der Waals surface area contributed by atoms with Crippen LogP contribution < -0.4 is 10.5 Å². The number of carbonyl (C=O) groups excluding carboxylic acids is 1. The van der Waals surface area contributed by atoms with Gasteiger partial charge >= 0.3 is 0 Å². The number of amides is 1. The highest BCUT2D eigenvalue weighted by atomic mass is 35.5. The van der Waals surface area contributed by atoms with Crippen LogP contribution in [0.15, 0.2) is 29.6 Å². The smallest absolute Gasteiger partial charge is 0.273 e. The lowest BCUT2D eigenvalue weighted by molar-refractivity contribution is 0.0780. The molecule has 2 N–H and O–H groups in total. The summed E-state index contributed by atoms with van der Waals surface area (Å²) in [6.07, 6.45) is 0.708. The Morgan fingerprint density at radius 2 is 2.05 bits per heavy atom. The molecule has 0 atom stereocenters. The Labute approximate surface area is 140 Å². The van der Waals surface area contributed by atoms with Crippen molar-refractivity contribution in [1.29, 1.82) is 0 Å². The third kappa shape index (κ3) is 4.69. The van der Waals surface area contributed by atoms with Gasteiger partial charge in [-0.05, 0) is 24.2 Å². The van der Waals surface area contributed by atoms with Crippen LogP contribution in [0.4, 0.5) is 0 Å². The molecule has 1 aromatic carbocycles. The number of ether oxygens (including phenoxy) is 1. The molecule has 0 unspecified atom stereocenters. The normalized spacial score (nSPS) is 9.95. The molecule has 0 spiro atoms. The quantitative estimate of drug-likeness (QED) is 0.875. The summed E-state index contributed by atoms with van der Waals surface area (Å²) >= 11 is 1.48. The molecule has 0 radical (unpaired) electrons. The highest BCUT2D eigenvalue weighted by Gasteiger charge is 2.15. The van der Waals surface area contributed by atoms with Crippen molar-refractivity contribution in [2.75, 3.05) is 20.7 Å². The first-order valence-corrected chi connectivity index (χ1v) is 7.55. The van der Waals surface area contributed by atoms with Gasteiger partial charge in [0.25, 0.3) is 5.91 Å². The molecule has 0 aliphatic carbocycles. The number of hydrogen-bond donors (Lipinski definition) is 1. The molecule has 0 saturated carbocycles. The summed E-state index contributed by atoms with van der Waals surface area (Å²) in [4.78, 5) is 18.3. The number of carbonyl (C=O) groups is 1. The minimum absolute atomic E-state index is 0. The van der Waals surface area contributed by atoms with Crippen LogP contribution in [0.1, 0.15) is 21.1 Å². The van der Waals surface area contributed by atoms with Gasteiger partial charge in [0.1, 0.15) is 11.4 Å². The number of aromatic nitrogens is 1. The fourth-order valence-electron chi connectivity index (χ4n) is 1.92. The van der Waals surface area contributed by atoms with Crippen molar-refractivity contribution in [3.05, 3.63) is 45.9 Å². The third-order valence-corrected chi connectivity index (χ3v) is 3.96. The number of nitrogens with zero attached hydrogens (tertiary/aromatic N) is 2. The lowest BCUT2D eigenvalue weighted by atomic mass is 10.2. The van der Waals surface area contributed by atoms with Gasteiger partial charge in [-0.3, -0.25) is 4.79 Å². The van der Waals surface area contributed by atoms with Crippen molar-refractivity contribution >= 4 is 29.7 Å². The molecule has 22 heavy (non-hydrogen) atoms. The van der Waals surface area contributed by atoms with Gasteiger partial charge in [-0.15, -0.1) is 23.7 Å². The van der Waals surface area contributed by atoms with Gasteiger partial charge < -0.3 is 15.4 Å². The Bertz CT molecular complexity index is 601. The molecular formula is C15H20ClN3O2S. The van der Waals surface area contributed by atoms with Crippen LogP contribution >= 0.6 is 23.7 Å². The second-order valence-corrected chi connectivity index (χ2v) is 5.62. The Morgan fingerprint density at radius 3 is 2.64 bits per heavy atom. The number of benzene rings is 1. The van der Waals surface area contributed by atoms with E-state index in [1.807, 2.05) is 24.3 Å². The lowest BCUT2D eigenvalue weighted by Gasteiger charge is -2.16. The molecule has 1 aromatic heterocycles. The predicted octanol–water partition coefficient (Wildman–Crippen LogP) is 2.35. The summed E-state index contributed by atoms with van der Waals surface area (Å²) in [6, 6.07) is 7.67. The van der Waals surface area contributed by atoms with Crippen LogP contribution in [0.2, 0.25) is 0 Å². The largest absolute Gasteiger partial charge is 0.497 e. The first kappa shape index (κ1) is 18.4. The van der Waals surface area contributed by atoms with E-state index in [2.05, 4.69) is 4.98 Å². The van der Waals surface area contributed by atoms with Crippen molar-refractivity contribution in [1.82, 2.24) is 9.88 Å². The van der Waals surface area contributed by atoms with E-state index < -0.39 is 0 Å². The SMILES string of the molecule is COc1ccc(CN(C)C(=O)c2csc(CCN)n2)cc1.Cl. The standard InChI is InChI=1S/C15H19N3O2S.ClH/c1-18(9-11-3-5-12(20-2)6-4-11)15(19)13-10-21-14(17-13)7-8-16;/h3-6,10H,7-9,16H2,1-2H3;1H. The van der Waals surface area contributed by atoms with Crippen LogP contribution in [0.25, 0.3) is 0 Å². The summed E-state index contributed by atoms with van der Waals surface area (Å²) in [7, 11) is 3.40. The molecule has 1 amide bonds. The molecule has 1 heterocycles. The average molecular weight is 342 g/mol. The van der Waals surface area contributed by atoms with Gasteiger partial charge in [0, 0.05) is 25.4 Å². The highest BCUT2D eigenvalue weighted by Crippen LogP contribution is 2.15. The summed E-state index contributed by atoms with van der Waals surface area (Å²) < 4.78 is 5.12. The van der Waals surface area contributed by atoms with Crippen molar-refractivity contribution in [3.63, 3.8) is 0 Å². The van der Waals surface area contributed by atoms with Gasteiger partial charge in [-0.2, -0.15) is 0 Å². The average Bonchev–Trinajstić information content (AvgIpc) is 2.96. The van der Waals surface area contributed by atoms with Crippen LogP contribution in [0.3, 0.4) is 0 Å². The number of thiazole rings is 1. The van der Waals surface area contributed by atoms with Gasteiger partial charge in [-0.25, -0.2) is 4.98 Å². The van der Waals surface area contributed by atoms with Gasteiger partial charge in [0.15, 0.2) is 0 Å². The fraction of sp³-hybridized carbons (Fsp3) is 0.333. The van der Waals surface area contributed by atoms with E-state index >= 15 is 0 Å². The summed E-state index contributed by atoms with van der Waals surface area (Å²) in [5.74, 6) is 0.726. The fourth-order valence-corrected chi connectivity index (χ4v) is 2.71. The molecule has 0 aliphatic rings. The minimum Gasteiger partial charge on any atom is -0.497 e. The molecule has 5 nitrogen and oxygen atoms in total. The van der Waals surface area contributed by atoms with E-state index in [9.17, 15) is 4.79 Å². The molecule has 2 aromatic rings. The highest BCUT2D eigenvalue weighted by molar-refractivity contribution is 7.09. The van der Waals surface area contributed by atoms with Gasteiger partial charge in [0.05, 0.1) is 12.1 Å². The Morgan fingerprint density at radius 1 is 1.36 bits per heavy atom. The monoisotopic (exact) mass is 341 g/mol. The lowest BCUT2D eigenvalue weighted by Crippen LogP contribution is -2.26. The summed E-state index contributed by atoms with van der Waals surface area (Å²) in [5, 5.41) is 2.69. The second-order valence-electron chi connectivity index (χ2n) is 4.67. The Hall–Kier alpha value is -1.63. The minimum atomic E-state index is -0.0784. The van der Waals surface area contributed by atoms with Crippen molar-refractivity contribution in [3.8, 4) is 5.75 Å². The predicted molar refractivity (Wildman–Crippen MR) is 90.9 cm³/mol. The molecule has 120 valence electrons. The molecular weight excluding hydrogens is 322 g/mol. The molecule has 0 saturated heterocycles. The number of rotatable bonds is 6. The second kappa shape index (κ2) is 8.73. The number of hydrogen-bond acceptors (Lipinski definition) is 5.